The van der Waals surface area contributed by atoms with E-state index in [0.717, 1.165) is 32.8 Å². The first-order valence-electron chi connectivity index (χ1n) is 7.34. The van der Waals surface area contributed by atoms with Gasteiger partial charge in [0.25, 0.3) is 0 Å². The molecule has 1 fully saturated rings. The van der Waals surface area contributed by atoms with Gasteiger partial charge < -0.3 is 5.32 Å². The summed E-state index contributed by atoms with van der Waals surface area (Å²) in [6, 6.07) is 6.36. The minimum Gasteiger partial charge on any atom is -0.352 e. The van der Waals surface area contributed by atoms with E-state index in [1.54, 1.807) is 23.9 Å². The van der Waals surface area contributed by atoms with Gasteiger partial charge in [-0.2, -0.15) is 0 Å². The van der Waals surface area contributed by atoms with Crippen LogP contribution in [-0.2, 0) is 4.79 Å². The van der Waals surface area contributed by atoms with Crippen molar-refractivity contribution in [2.24, 2.45) is 0 Å². The average molecular weight is 370 g/mol. The summed E-state index contributed by atoms with van der Waals surface area (Å²) < 4.78 is 14.8. The molecule has 1 aromatic carbocycles. The van der Waals surface area contributed by atoms with Gasteiger partial charge in [-0.15, -0.1) is 10.2 Å². The molecule has 0 radical (unpaired) electrons. The van der Waals surface area contributed by atoms with Gasteiger partial charge in [-0.25, -0.2) is 4.39 Å². The summed E-state index contributed by atoms with van der Waals surface area (Å²) in [5, 5.41) is 10.8. The number of rotatable bonds is 7. The summed E-state index contributed by atoms with van der Waals surface area (Å²) in [5.74, 6) is 0.574. The third-order valence-corrected chi connectivity index (χ3v) is 6.49. The number of hydrogen-bond acceptors (Lipinski definition) is 6. The monoisotopic (exact) mass is 369 g/mol. The highest BCUT2D eigenvalue weighted by atomic mass is 32.2. The average Bonchev–Trinajstić information content (AvgIpc) is 3.24. The molecule has 1 amide bonds. The molecular formula is C15H16FN3OS3. The first-order valence-corrected chi connectivity index (χ1v) is 10.0. The number of amides is 1. The van der Waals surface area contributed by atoms with Crippen LogP contribution in [0.25, 0.3) is 0 Å². The predicted molar refractivity (Wildman–Crippen MR) is 92.5 cm³/mol. The highest BCUT2D eigenvalue weighted by Gasteiger charge is 2.30. The maximum absolute atomic E-state index is 13.2. The van der Waals surface area contributed by atoms with Crippen LogP contribution in [0.2, 0.25) is 0 Å². The molecule has 1 atom stereocenters. The second-order valence-electron chi connectivity index (χ2n) is 5.10. The third kappa shape index (κ3) is 4.68. The summed E-state index contributed by atoms with van der Waals surface area (Å²) in [6.07, 6.45) is 2.06. The molecule has 1 heterocycles. The number of carbonyl (C=O) groups excluding carboxylic acids is 1. The van der Waals surface area contributed by atoms with Crippen LogP contribution < -0.4 is 5.32 Å². The SMILES string of the molecule is CCSc1nnc(SC(C(=O)NC2CC2)c2ccc(F)cc2)s1. The quantitative estimate of drug-likeness (QED) is 0.750. The normalized spacial score (nSPS) is 15.4. The van der Waals surface area contributed by atoms with Gasteiger partial charge in [-0.3, -0.25) is 4.79 Å². The molecule has 1 aromatic heterocycles. The van der Waals surface area contributed by atoms with Crippen LogP contribution in [0.3, 0.4) is 0 Å². The zero-order valence-corrected chi connectivity index (χ0v) is 14.9. The molecule has 122 valence electrons. The minimum absolute atomic E-state index is 0.0518. The van der Waals surface area contributed by atoms with Crippen LogP contribution in [-0.4, -0.2) is 27.9 Å². The van der Waals surface area contributed by atoms with Crippen molar-refractivity contribution in [2.45, 2.75) is 39.7 Å². The van der Waals surface area contributed by atoms with Gasteiger partial charge >= 0.3 is 0 Å². The Morgan fingerprint density at radius 3 is 2.70 bits per heavy atom. The maximum Gasteiger partial charge on any atom is 0.238 e. The van der Waals surface area contributed by atoms with Crippen molar-refractivity contribution in [3.63, 3.8) is 0 Å². The van der Waals surface area contributed by atoms with Crippen molar-refractivity contribution in [2.75, 3.05) is 5.75 Å². The Labute approximate surface area is 146 Å². The molecule has 0 saturated heterocycles. The highest BCUT2D eigenvalue weighted by Crippen LogP contribution is 2.39. The molecule has 4 nitrogen and oxygen atoms in total. The van der Waals surface area contributed by atoms with Gasteiger partial charge in [0.05, 0.1) is 0 Å². The number of halogens is 1. The number of nitrogens with one attached hydrogen (secondary N) is 1. The van der Waals surface area contributed by atoms with E-state index in [-0.39, 0.29) is 17.8 Å². The van der Waals surface area contributed by atoms with Gasteiger partial charge in [0.1, 0.15) is 11.1 Å². The molecule has 1 saturated carbocycles. The molecule has 1 aliphatic rings. The molecule has 8 heteroatoms. The summed E-state index contributed by atoms with van der Waals surface area (Å²) >= 11 is 4.49. The Bertz CT molecular complexity index is 673. The topological polar surface area (TPSA) is 54.9 Å². The van der Waals surface area contributed by atoms with E-state index in [0.29, 0.717) is 0 Å². The Balaban J connectivity index is 1.78. The van der Waals surface area contributed by atoms with E-state index in [1.807, 2.05) is 0 Å². The Kier molecular flexibility index (Phi) is 5.55. The van der Waals surface area contributed by atoms with Crippen LogP contribution in [0.5, 0.6) is 0 Å². The van der Waals surface area contributed by atoms with Crippen LogP contribution in [0.1, 0.15) is 30.6 Å². The lowest BCUT2D eigenvalue weighted by molar-refractivity contribution is -0.120. The molecule has 3 rings (SSSR count). The molecule has 23 heavy (non-hydrogen) atoms. The maximum atomic E-state index is 13.2. The Morgan fingerprint density at radius 2 is 2.04 bits per heavy atom. The molecule has 1 aliphatic carbocycles. The fourth-order valence-corrected chi connectivity index (χ4v) is 5.06. The summed E-state index contributed by atoms with van der Waals surface area (Å²) in [5.41, 5.74) is 0.773. The lowest BCUT2D eigenvalue weighted by Crippen LogP contribution is -2.29. The van der Waals surface area contributed by atoms with Gasteiger partial charge in [0, 0.05) is 6.04 Å². The second-order valence-corrected chi connectivity index (χ2v) is 8.94. The number of carbonyl (C=O) groups is 1. The fourth-order valence-electron chi connectivity index (χ4n) is 1.94. The van der Waals surface area contributed by atoms with Crippen molar-refractivity contribution in [3.8, 4) is 0 Å². The van der Waals surface area contributed by atoms with E-state index in [1.165, 1.54) is 35.2 Å². The molecule has 0 aliphatic heterocycles. The van der Waals surface area contributed by atoms with Crippen LogP contribution >= 0.6 is 34.9 Å². The highest BCUT2D eigenvalue weighted by molar-refractivity contribution is 8.03. The minimum atomic E-state index is -0.441. The lowest BCUT2D eigenvalue weighted by Gasteiger charge is -2.15. The van der Waals surface area contributed by atoms with Crippen LogP contribution in [0.15, 0.2) is 32.9 Å². The number of hydrogen-bond donors (Lipinski definition) is 1. The van der Waals surface area contributed by atoms with Crippen LogP contribution in [0, 0.1) is 5.82 Å². The molecule has 0 spiro atoms. The summed E-state index contributed by atoms with van der Waals surface area (Å²) in [7, 11) is 0. The number of thioether (sulfide) groups is 2. The molecule has 1 N–H and O–H groups in total. The second kappa shape index (κ2) is 7.63. The van der Waals surface area contributed by atoms with E-state index in [4.69, 9.17) is 0 Å². The first kappa shape index (κ1) is 16.7. The Morgan fingerprint density at radius 1 is 1.35 bits per heavy atom. The van der Waals surface area contributed by atoms with Crippen molar-refractivity contribution >= 4 is 40.8 Å². The van der Waals surface area contributed by atoms with Crippen molar-refractivity contribution in [1.29, 1.82) is 0 Å². The third-order valence-electron chi connectivity index (χ3n) is 3.21. The molecular weight excluding hydrogens is 353 g/mol. The predicted octanol–water partition coefficient (Wildman–Crippen LogP) is 3.90. The van der Waals surface area contributed by atoms with E-state index < -0.39 is 5.25 Å². The van der Waals surface area contributed by atoms with Gasteiger partial charge in [0.2, 0.25) is 5.91 Å². The standard InChI is InChI=1S/C15H16FN3OS3/c1-2-21-14-18-19-15(23-14)22-12(13(20)17-11-7-8-11)9-3-5-10(16)6-4-9/h3-6,11-12H,2,7-8H2,1H3,(H,17,20). The molecule has 0 bridgehead atoms. The van der Waals surface area contributed by atoms with E-state index in [2.05, 4.69) is 22.4 Å². The number of aromatic nitrogens is 2. The number of benzene rings is 1. The fraction of sp³-hybridized carbons (Fsp3) is 0.400. The van der Waals surface area contributed by atoms with Gasteiger partial charge in [0.15, 0.2) is 8.68 Å². The van der Waals surface area contributed by atoms with Gasteiger partial charge in [-0.1, -0.05) is 53.9 Å². The van der Waals surface area contributed by atoms with Crippen LogP contribution in [0.4, 0.5) is 4.39 Å². The largest absolute Gasteiger partial charge is 0.352 e. The molecule has 2 aromatic rings. The smallest absolute Gasteiger partial charge is 0.238 e. The van der Waals surface area contributed by atoms with E-state index >= 15 is 0 Å². The summed E-state index contributed by atoms with van der Waals surface area (Å²) in [6.45, 7) is 2.06. The van der Waals surface area contributed by atoms with Crippen molar-refractivity contribution in [3.05, 3.63) is 35.6 Å². The lowest BCUT2D eigenvalue weighted by atomic mass is 10.1. The summed E-state index contributed by atoms with van der Waals surface area (Å²) in [4.78, 5) is 12.5. The zero-order chi connectivity index (χ0) is 16.2. The van der Waals surface area contributed by atoms with Gasteiger partial charge in [-0.05, 0) is 36.3 Å². The molecule has 1 unspecified atom stereocenters. The zero-order valence-electron chi connectivity index (χ0n) is 12.5. The Hall–Kier alpha value is -1.12. The van der Waals surface area contributed by atoms with Crippen molar-refractivity contribution in [1.82, 2.24) is 15.5 Å². The number of nitrogens with zero attached hydrogens (tertiary/aromatic N) is 2. The first-order chi connectivity index (χ1) is 11.2. The van der Waals surface area contributed by atoms with E-state index in [9.17, 15) is 9.18 Å². The van der Waals surface area contributed by atoms with Crippen molar-refractivity contribution < 1.29 is 9.18 Å².